The number of thiazole rings is 1. The van der Waals surface area contributed by atoms with Crippen molar-refractivity contribution in [3.63, 3.8) is 0 Å². The molecule has 5 heterocycles. The summed E-state index contributed by atoms with van der Waals surface area (Å²) in [5, 5.41) is 3.15. The van der Waals surface area contributed by atoms with Crippen LogP contribution in [-0.2, 0) is 21.1 Å². The van der Waals surface area contributed by atoms with Crippen LogP contribution in [0.1, 0.15) is 0 Å². The fourth-order valence-electron chi connectivity index (χ4n) is 6.13. The quantitative estimate of drug-likeness (QED) is 0.163. The first-order valence-electron chi connectivity index (χ1n) is 15.0. The number of benzene rings is 4. The maximum absolute atomic E-state index is 5.08. The second kappa shape index (κ2) is 12.1. The van der Waals surface area contributed by atoms with Crippen LogP contribution in [0.2, 0.25) is 0 Å². The van der Waals surface area contributed by atoms with E-state index in [0.717, 1.165) is 81.8 Å². The smallest absolute Gasteiger partial charge is 0.346 e. The molecule has 5 aromatic heterocycles. The topological polar surface area (TPSA) is 56.5 Å². The Kier molecular flexibility index (Phi) is 7.53. The molecule has 47 heavy (non-hydrogen) atoms. The minimum atomic E-state index is 0. The minimum Gasteiger partial charge on any atom is -0.346 e. The van der Waals surface area contributed by atoms with Crippen LogP contribution < -0.4 is 0 Å². The SMILES string of the molecule is [Pt+2].[c-]1c(-c2ccccn2)cccc1-n1c2[c-]c(-c3nc4ccccc4s3)c(-c3ccncc3)cc2c2cc(-c3ccncc3)ccc21. The summed E-state index contributed by atoms with van der Waals surface area (Å²) in [6.07, 6.45) is 9.16. The zero-order valence-corrected chi connectivity index (χ0v) is 27.8. The summed E-state index contributed by atoms with van der Waals surface area (Å²) in [5.41, 5.74) is 11.1. The third-order valence-corrected chi connectivity index (χ3v) is 9.34. The van der Waals surface area contributed by atoms with Gasteiger partial charge in [-0.25, -0.2) is 0 Å². The average molecular weight is 801 g/mol. The summed E-state index contributed by atoms with van der Waals surface area (Å²) in [6.45, 7) is 0. The Morgan fingerprint density at radius 3 is 2.19 bits per heavy atom. The van der Waals surface area contributed by atoms with E-state index < -0.39 is 0 Å². The minimum absolute atomic E-state index is 0. The Bertz CT molecular complexity index is 2490. The molecular weight excluding hydrogens is 778 g/mol. The van der Waals surface area contributed by atoms with Gasteiger partial charge in [0.05, 0.1) is 5.52 Å². The molecule has 0 bridgehead atoms. The van der Waals surface area contributed by atoms with E-state index >= 15 is 0 Å². The van der Waals surface area contributed by atoms with Crippen LogP contribution in [0.4, 0.5) is 0 Å². The van der Waals surface area contributed by atoms with Crippen molar-refractivity contribution in [3.05, 3.63) is 152 Å². The molecule has 0 aliphatic rings. The molecule has 0 saturated heterocycles. The van der Waals surface area contributed by atoms with Crippen molar-refractivity contribution in [2.75, 3.05) is 0 Å². The van der Waals surface area contributed by atoms with Crippen molar-refractivity contribution in [3.8, 4) is 49.8 Å². The summed E-state index contributed by atoms with van der Waals surface area (Å²) in [6, 6.07) is 45.1. The van der Waals surface area contributed by atoms with Crippen LogP contribution in [0, 0.1) is 12.1 Å². The van der Waals surface area contributed by atoms with Gasteiger partial charge in [-0.1, -0.05) is 52.9 Å². The van der Waals surface area contributed by atoms with Crippen molar-refractivity contribution >= 4 is 43.4 Å². The first-order valence-corrected chi connectivity index (χ1v) is 15.8. The Labute approximate surface area is 289 Å². The molecule has 7 heteroatoms. The molecule has 0 saturated carbocycles. The fraction of sp³-hybridized carbons (Fsp3) is 0. The van der Waals surface area contributed by atoms with Gasteiger partial charge in [0.15, 0.2) is 0 Å². The van der Waals surface area contributed by atoms with E-state index in [9.17, 15) is 0 Å². The van der Waals surface area contributed by atoms with Crippen LogP contribution in [-0.4, -0.2) is 24.5 Å². The number of hydrogen-bond acceptors (Lipinski definition) is 5. The number of rotatable bonds is 5. The molecule has 0 unspecified atom stereocenters. The Balaban J connectivity index is 0.00000324. The van der Waals surface area contributed by atoms with E-state index in [2.05, 4.69) is 104 Å². The van der Waals surface area contributed by atoms with E-state index in [1.54, 1.807) is 11.3 Å². The van der Waals surface area contributed by atoms with Crippen LogP contribution in [0.15, 0.2) is 140 Å². The molecule has 0 radical (unpaired) electrons. The number of para-hydroxylation sites is 1. The molecule has 0 amide bonds. The number of nitrogens with zero attached hydrogens (tertiary/aromatic N) is 5. The van der Waals surface area contributed by atoms with Gasteiger partial charge >= 0.3 is 21.1 Å². The third-order valence-electron chi connectivity index (χ3n) is 8.28. The van der Waals surface area contributed by atoms with Gasteiger partial charge in [-0.05, 0) is 81.9 Å². The molecule has 0 aliphatic heterocycles. The van der Waals surface area contributed by atoms with Crippen molar-refractivity contribution in [1.82, 2.24) is 24.5 Å². The standard InChI is InChI=1S/C40H23N5S.Pt/c1-2-10-39-36(9-1)44-40(46-39)34-25-38-33(24-31(34)27-15-20-42-21-16-27)32-23-28(26-13-18-41-19-14-26)11-12-37(32)45(38)30-7-5-6-29(22-30)35-8-3-4-17-43-35;/h1-21,23-24H;/q-2;+2. The maximum atomic E-state index is 5.08. The van der Waals surface area contributed by atoms with E-state index in [-0.39, 0.29) is 21.1 Å². The molecule has 0 aliphatic carbocycles. The normalized spacial score (nSPS) is 11.2. The summed E-state index contributed by atoms with van der Waals surface area (Å²) < 4.78 is 3.41. The van der Waals surface area contributed by atoms with Crippen LogP contribution in [0.5, 0.6) is 0 Å². The summed E-state index contributed by atoms with van der Waals surface area (Å²) >= 11 is 1.69. The van der Waals surface area contributed by atoms with E-state index in [1.165, 1.54) is 0 Å². The monoisotopic (exact) mass is 800 g/mol. The van der Waals surface area contributed by atoms with Crippen molar-refractivity contribution < 1.29 is 21.1 Å². The van der Waals surface area contributed by atoms with E-state index in [4.69, 9.17) is 4.98 Å². The Morgan fingerprint density at radius 1 is 0.617 bits per heavy atom. The number of hydrogen-bond donors (Lipinski definition) is 0. The molecular formula is C40H23N5PtS. The van der Waals surface area contributed by atoms with Crippen molar-refractivity contribution in [1.29, 1.82) is 0 Å². The van der Waals surface area contributed by atoms with E-state index in [0.29, 0.717) is 0 Å². The molecule has 4 aromatic carbocycles. The molecule has 224 valence electrons. The average Bonchev–Trinajstić information content (AvgIpc) is 3.71. The molecule has 9 aromatic rings. The predicted octanol–water partition coefficient (Wildman–Crippen LogP) is 9.84. The largest absolute Gasteiger partial charge is 2.00 e. The number of fused-ring (bicyclic) bond motifs is 4. The zero-order chi connectivity index (χ0) is 30.5. The number of aromatic nitrogens is 5. The second-order valence-corrected chi connectivity index (χ2v) is 12.0. The number of pyridine rings is 3. The van der Waals surface area contributed by atoms with Gasteiger partial charge < -0.3 is 9.55 Å². The Hall–Kier alpha value is -5.29. The summed E-state index contributed by atoms with van der Waals surface area (Å²) in [7, 11) is 0. The molecule has 0 spiro atoms. The van der Waals surface area contributed by atoms with Gasteiger partial charge in [0.2, 0.25) is 0 Å². The molecule has 0 N–H and O–H groups in total. The predicted molar refractivity (Wildman–Crippen MR) is 187 cm³/mol. The van der Waals surface area contributed by atoms with Gasteiger partial charge in [-0.15, -0.1) is 47.5 Å². The van der Waals surface area contributed by atoms with Gasteiger partial charge in [0.25, 0.3) is 0 Å². The second-order valence-electron chi connectivity index (χ2n) is 11.0. The van der Waals surface area contributed by atoms with Gasteiger partial charge in [0, 0.05) is 46.2 Å². The first kappa shape index (κ1) is 29.1. The van der Waals surface area contributed by atoms with Crippen LogP contribution >= 0.6 is 11.3 Å². The fourth-order valence-corrected chi connectivity index (χ4v) is 7.11. The van der Waals surface area contributed by atoms with Crippen molar-refractivity contribution in [2.45, 2.75) is 0 Å². The van der Waals surface area contributed by atoms with Gasteiger partial charge in [0.1, 0.15) is 0 Å². The summed E-state index contributed by atoms with van der Waals surface area (Å²) in [4.78, 5) is 18.2. The van der Waals surface area contributed by atoms with E-state index in [1.807, 2.05) is 67.4 Å². The zero-order valence-electron chi connectivity index (χ0n) is 24.7. The molecule has 9 rings (SSSR count). The first-order chi connectivity index (χ1) is 22.8. The molecule has 0 fully saturated rings. The summed E-state index contributed by atoms with van der Waals surface area (Å²) in [5.74, 6) is 0. The van der Waals surface area contributed by atoms with Crippen LogP contribution in [0.25, 0.3) is 81.8 Å². The maximum Gasteiger partial charge on any atom is 2.00 e. The van der Waals surface area contributed by atoms with Crippen molar-refractivity contribution in [2.24, 2.45) is 0 Å². The molecule has 0 atom stereocenters. The molecule has 5 nitrogen and oxygen atoms in total. The Morgan fingerprint density at radius 2 is 1.40 bits per heavy atom. The van der Waals surface area contributed by atoms with Crippen LogP contribution in [0.3, 0.4) is 0 Å². The third kappa shape index (κ3) is 5.16. The van der Waals surface area contributed by atoms with Gasteiger partial charge in [-0.3, -0.25) is 15.0 Å². The van der Waals surface area contributed by atoms with Gasteiger partial charge in [-0.2, -0.15) is 11.3 Å².